The van der Waals surface area contributed by atoms with Crippen LogP contribution in [0.25, 0.3) is 0 Å². The van der Waals surface area contributed by atoms with Crippen molar-refractivity contribution < 1.29 is 19.4 Å². The monoisotopic (exact) mass is 412 g/mol. The van der Waals surface area contributed by atoms with Gasteiger partial charge in [-0.1, -0.05) is 12.8 Å². The van der Waals surface area contributed by atoms with Crippen molar-refractivity contribution in [2.75, 3.05) is 32.7 Å². The first-order chi connectivity index (χ1) is 14.5. The van der Waals surface area contributed by atoms with Gasteiger partial charge in [0.2, 0.25) is 5.91 Å². The fraction of sp³-hybridized carbons (Fsp3) is 0.591. The molecule has 2 aliphatic heterocycles. The number of carboxylic acid groups (broad SMARTS) is 1. The molecule has 2 heterocycles. The molecule has 0 unspecified atom stereocenters. The number of ether oxygens (including phenoxy) is 1. The Balaban J connectivity index is 1.36. The Morgan fingerprint density at radius 1 is 1.07 bits per heavy atom. The summed E-state index contributed by atoms with van der Waals surface area (Å²) in [5.74, 6) is 0.456. The van der Waals surface area contributed by atoms with Gasteiger partial charge in [-0.3, -0.25) is 14.6 Å². The standard InChI is InChI=1S/C22H28N4O4/c23-14-16-5-7-18(8-6-16)30-19-13-20(26(15-19)22(28)29)21(27)25-11-9-24(10-12-25)17-3-1-2-4-17/h5-8,17,19-20H,1-4,9-13,15H2,(H,28,29)/t19-,20+/m0/s1. The van der Waals surface area contributed by atoms with Crippen LogP contribution in [0.15, 0.2) is 24.3 Å². The van der Waals surface area contributed by atoms with Gasteiger partial charge in [0, 0.05) is 38.6 Å². The molecule has 2 atom stereocenters. The molecule has 3 fully saturated rings. The molecule has 8 heteroatoms. The number of hydrogen-bond acceptors (Lipinski definition) is 5. The number of amides is 2. The maximum Gasteiger partial charge on any atom is 0.408 e. The van der Waals surface area contributed by atoms with Crippen molar-refractivity contribution in [1.82, 2.24) is 14.7 Å². The normalized spacial score (nSPS) is 25.3. The Hall–Kier alpha value is -2.79. The number of nitriles is 1. The van der Waals surface area contributed by atoms with Gasteiger partial charge >= 0.3 is 6.09 Å². The van der Waals surface area contributed by atoms with Crippen LogP contribution < -0.4 is 4.74 Å². The average molecular weight is 412 g/mol. The van der Waals surface area contributed by atoms with Gasteiger partial charge in [-0.2, -0.15) is 5.26 Å². The second kappa shape index (κ2) is 8.92. The van der Waals surface area contributed by atoms with E-state index in [9.17, 15) is 14.7 Å². The number of nitrogens with zero attached hydrogens (tertiary/aromatic N) is 4. The Kier molecular flexibility index (Phi) is 6.09. The maximum absolute atomic E-state index is 13.1. The second-order valence-corrected chi connectivity index (χ2v) is 8.36. The molecular formula is C22H28N4O4. The van der Waals surface area contributed by atoms with Crippen molar-refractivity contribution in [2.24, 2.45) is 0 Å². The Bertz CT molecular complexity index is 807. The van der Waals surface area contributed by atoms with Gasteiger partial charge in [-0.15, -0.1) is 0 Å². The van der Waals surface area contributed by atoms with Gasteiger partial charge in [0.25, 0.3) is 0 Å². The first kappa shape index (κ1) is 20.5. The minimum Gasteiger partial charge on any atom is -0.488 e. The summed E-state index contributed by atoms with van der Waals surface area (Å²) in [5.41, 5.74) is 0.533. The summed E-state index contributed by atoms with van der Waals surface area (Å²) in [6, 6.07) is 8.70. The van der Waals surface area contributed by atoms with Crippen LogP contribution in [0.4, 0.5) is 4.79 Å². The summed E-state index contributed by atoms with van der Waals surface area (Å²) in [5, 5.41) is 18.5. The summed E-state index contributed by atoms with van der Waals surface area (Å²) in [4.78, 5) is 30.4. The molecule has 1 N–H and O–H groups in total. The van der Waals surface area contributed by atoms with E-state index in [4.69, 9.17) is 10.00 Å². The van der Waals surface area contributed by atoms with E-state index in [0.717, 1.165) is 13.1 Å². The lowest BCUT2D eigenvalue weighted by Gasteiger charge is -2.39. The van der Waals surface area contributed by atoms with E-state index >= 15 is 0 Å². The molecule has 0 radical (unpaired) electrons. The van der Waals surface area contributed by atoms with Crippen LogP contribution in [0.1, 0.15) is 37.7 Å². The number of carbonyl (C=O) groups is 2. The SMILES string of the molecule is N#Cc1ccc(O[C@H]2C[C@H](C(=O)N3CCN(C4CCCC4)CC3)N(C(=O)O)C2)cc1. The first-order valence-electron chi connectivity index (χ1n) is 10.7. The Labute approximate surface area is 176 Å². The molecule has 30 heavy (non-hydrogen) atoms. The molecule has 3 aliphatic rings. The molecule has 0 spiro atoms. The highest BCUT2D eigenvalue weighted by atomic mass is 16.5. The first-order valence-corrected chi connectivity index (χ1v) is 10.7. The summed E-state index contributed by atoms with van der Waals surface area (Å²) in [6.45, 7) is 3.19. The molecule has 8 nitrogen and oxygen atoms in total. The highest BCUT2D eigenvalue weighted by molar-refractivity contribution is 5.86. The molecule has 1 aromatic carbocycles. The van der Waals surface area contributed by atoms with E-state index in [1.807, 2.05) is 4.90 Å². The summed E-state index contributed by atoms with van der Waals surface area (Å²) in [7, 11) is 0. The van der Waals surface area contributed by atoms with Gasteiger partial charge in [0.1, 0.15) is 17.9 Å². The molecule has 1 aliphatic carbocycles. The number of benzene rings is 1. The van der Waals surface area contributed by atoms with Crippen molar-refractivity contribution in [3.8, 4) is 11.8 Å². The zero-order valence-electron chi connectivity index (χ0n) is 17.1. The van der Waals surface area contributed by atoms with Crippen LogP contribution in [0.2, 0.25) is 0 Å². The minimum absolute atomic E-state index is 0.116. The lowest BCUT2D eigenvalue weighted by atomic mass is 10.1. The topological polar surface area (TPSA) is 97.1 Å². The van der Waals surface area contributed by atoms with Crippen LogP contribution in [0, 0.1) is 11.3 Å². The van der Waals surface area contributed by atoms with E-state index in [2.05, 4.69) is 11.0 Å². The van der Waals surface area contributed by atoms with E-state index in [1.165, 1.54) is 30.6 Å². The van der Waals surface area contributed by atoms with Gasteiger partial charge in [0.05, 0.1) is 18.2 Å². The molecule has 0 bridgehead atoms. The zero-order valence-corrected chi connectivity index (χ0v) is 17.1. The molecular weight excluding hydrogens is 384 g/mol. The molecule has 4 rings (SSSR count). The highest BCUT2D eigenvalue weighted by Gasteiger charge is 2.43. The number of carbonyl (C=O) groups excluding carboxylic acids is 1. The van der Waals surface area contributed by atoms with Crippen molar-refractivity contribution >= 4 is 12.0 Å². The maximum atomic E-state index is 13.1. The summed E-state index contributed by atoms with van der Waals surface area (Å²) < 4.78 is 5.91. The minimum atomic E-state index is -1.09. The van der Waals surface area contributed by atoms with Crippen LogP contribution in [0.5, 0.6) is 5.75 Å². The Morgan fingerprint density at radius 3 is 2.33 bits per heavy atom. The largest absolute Gasteiger partial charge is 0.488 e. The fourth-order valence-corrected chi connectivity index (χ4v) is 4.92. The van der Waals surface area contributed by atoms with E-state index < -0.39 is 12.1 Å². The third kappa shape index (κ3) is 4.36. The molecule has 2 amide bonds. The van der Waals surface area contributed by atoms with Crippen LogP contribution in [-0.4, -0.2) is 82.7 Å². The van der Waals surface area contributed by atoms with Gasteiger partial charge in [-0.25, -0.2) is 4.79 Å². The summed E-state index contributed by atoms with van der Waals surface area (Å²) in [6.07, 6.45) is 3.94. The molecule has 2 saturated heterocycles. The molecule has 1 saturated carbocycles. The number of piperazine rings is 1. The fourth-order valence-electron chi connectivity index (χ4n) is 4.92. The van der Waals surface area contributed by atoms with Crippen molar-refractivity contribution in [2.45, 2.75) is 50.3 Å². The Morgan fingerprint density at radius 2 is 1.73 bits per heavy atom. The predicted molar refractivity (Wildman–Crippen MR) is 109 cm³/mol. The van der Waals surface area contributed by atoms with Crippen LogP contribution >= 0.6 is 0 Å². The van der Waals surface area contributed by atoms with E-state index in [-0.39, 0.29) is 18.6 Å². The van der Waals surface area contributed by atoms with Gasteiger partial charge < -0.3 is 14.7 Å². The molecule has 160 valence electrons. The highest BCUT2D eigenvalue weighted by Crippen LogP contribution is 2.27. The second-order valence-electron chi connectivity index (χ2n) is 8.36. The lowest BCUT2D eigenvalue weighted by molar-refractivity contribution is -0.137. The number of rotatable bonds is 4. The predicted octanol–water partition coefficient (Wildman–Crippen LogP) is 2.14. The smallest absolute Gasteiger partial charge is 0.408 e. The molecule has 1 aromatic rings. The van der Waals surface area contributed by atoms with Crippen molar-refractivity contribution in [3.05, 3.63) is 29.8 Å². The number of hydrogen-bond donors (Lipinski definition) is 1. The lowest BCUT2D eigenvalue weighted by Crippen LogP contribution is -2.55. The third-order valence-electron chi connectivity index (χ3n) is 6.55. The van der Waals surface area contributed by atoms with Crippen molar-refractivity contribution in [1.29, 1.82) is 5.26 Å². The summed E-state index contributed by atoms with van der Waals surface area (Å²) >= 11 is 0. The van der Waals surface area contributed by atoms with Crippen LogP contribution in [-0.2, 0) is 4.79 Å². The van der Waals surface area contributed by atoms with Crippen LogP contribution in [0.3, 0.4) is 0 Å². The molecule has 0 aromatic heterocycles. The van der Waals surface area contributed by atoms with Gasteiger partial charge in [-0.05, 0) is 37.1 Å². The quantitative estimate of drug-likeness (QED) is 0.814. The average Bonchev–Trinajstić information content (AvgIpc) is 3.44. The third-order valence-corrected chi connectivity index (χ3v) is 6.55. The number of likely N-dealkylation sites (tertiary alicyclic amines) is 1. The van der Waals surface area contributed by atoms with E-state index in [0.29, 0.717) is 36.9 Å². The van der Waals surface area contributed by atoms with Crippen molar-refractivity contribution in [3.63, 3.8) is 0 Å². The van der Waals surface area contributed by atoms with E-state index in [1.54, 1.807) is 24.3 Å². The zero-order chi connectivity index (χ0) is 21.1. The van der Waals surface area contributed by atoms with Gasteiger partial charge in [0.15, 0.2) is 0 Å².